The number of hydrogen-bond donors (Lipinski definition) is 1. The van der Waals surface area contributed by atoms with Gasteiger partial charge in [-0.3, -0.25) is 4.79 Å². The number of imidazole rings is 1. The second kappa shape index (κ2) is 7.15. The number of aromatic nitrogens is 3. The number of ether oxygens (including phenoxy) is 1. The van der Waals surface area contributed by atoms with Gasteiger partial charge in [-0.1, -0.05) is 12.1 Å². The lowest BCUT2D eigenvalue weighted by Crippen LogP contribution is -2.12. The van der Waals surface area contributed by atoms with Gasteiger partial charge >= 0.3 is 0 Å². The summed E-state index contributed by atoms with van der Waals surface area (Å²) in [5, 5.41) is 4.29. The number of carbonyl (C=O) groups excluding carboxylic acids is 1. The maximum atomic E-state index is 12.8. The number of fused-ring (bicyclic) bond motifs is 1. The zero-order valence-electron chi connectivity index (χ0n) is 19.6. The number of rotatable bonds is 4. The van der Waals surface area contributed by atoms with Gasteiger partial charge in [-0.05, 0) is 48.6 Å². The Balaban J connectivity index is 1.71. The molecule has 0 radical (unpaired) electrons. The minimum absolute atomic E-state index is 0.210. The third kappa shape index (κ3) is 3.32. The molecule has 28 heavy (non-hydrogen) atoms. The van der Waals surface area contributed by atoms with Gasteiger partial charge in [0.25, 0.3) is 5.91 Å². The predicted molar refractivity (Wildman–Crippen MR) is 110 cm³/mol. The first kappa shape index (κ1) is 13.5. The van der Waals surface area contributed by atoms with Crippen molar-refractivity contribution in [2.45, 2.75) is 6.92 Å². The molecule has 0 unspecified atom stereocenters. The highest BCUT2D eigenvalue weighted by Crippen LogP contribution is 2.26. The molecule has 4 rings (SSSR count). The van der Waals surface area contributed by atoms with Crippen molar-refractivity contribution >= 4 is 22.5 Å². The molecule has 1 amide bonds. The summed E-state index contributed by atoms with van der Waals surface area (Å²) < 4.78 is 39.0. The summed E-state index contributed by atoms with van der Waals surface area (Å²) in [6, 6.07) is 5.77. The molecule has 0 spiro atoms. The molecule has 0 saturated carbocycles. The Labute approximate surface area is 168 Å². The molecular formula is C22H20N4O2. The highest BCUT2D eigenvalue weighted by molar-refractivity contribution is 6.04. The van der Waals surface area contributed by atoms with Gasteiger partial charge in [0.2, 0.25) is 0 Å². The van der Waals surface area contributed by atoms with Gasteiger partial charge in [-0.25, -0.2) is 9.97 Å². The van der Waals surface area contributed by atoms with Crippen LogP contribution >= 0.6 is 0 Å². The van der Waals surface area contributed by atoms with E-state index < -0.39 is 30.1 Å². The first-order chi connectivity index (χ1) is 15.2. The number of benzene rings is 2. The van der Waals surface area contributed by atoms with E-state index in [9.17, 15) is 4.79 Å². The molecule has 0 atom stereocenters. The molecule has 4 aromatic rings. The highest BCUT2D eigenvalue weighted by atomic mass is 16.5. The van der Waals surface area contributed by atoms with E-state index in [2.05, 4.69) is 15.3 Å². The average Bonchev–Trinajstić information content (AvgIpc) is 3.11. The number of methoxy groups -OCH3 is 1. The molecule has 2 aromatic heterocycles. The van der Waals surface area contributed by atoms with Crippen molar-refractivity contribution in [1.29, 1.82) is 0 Å². The Morgan fingerprint density at radius 1 is 1.11 bits per heavy atom. The Kier molecular flexibility index (Phi) is 3.45. The van der Waals surface area contributed by atoms with E-state index in [4.69, 9.17) is 10.2 Å². The fraction of sp³-hybridized carbons (Fsp3) is 0.136. The summed E-state index contributed by atoms with van der Waals surface area (Å²) in [6.07, 6.45) is 3.42. The molecule has 0 saturated heterocycles. The maximum absolute atomic E-state index is 12.8. The van der Waals surface area contributed by atoms with Crippen LogP contribution in [0.15, 0.2) is 60.8 Å². The first-order valence-corrected chi connectivity index (χ1v) is 8.57. The summed E-state index contributed by atoms with van der Waals surface area (Å²) >= 11 is 0. The van der Waals surface area contributed by atoms with Crippen molar-refractivity contribution in [2.24, 2.45) is 7.05 Å². The fourth-order valence-corrected chi connectivity index (χ4v) is 2.83. The van der Waals surface area contributed by atoms with Crippen LogP contribution < -0.4 is 10.1 Å². The minimum atomic E-state index is -0.782. The smallest absolute Gasteiger partial charge is 0.256 e. The molecule has 140 valence electrons. The third-order valence-electron chi connectivity index (χ3n) is 4.51. The van der Waals surface area contributed by atoms with Gasteiger partial charge in [-0.15, -0.1) is 0 Å². The monoisotopic (exact) mass is 376 g/mol. The number of anilines is 1. The van der Waals surface area contributed by atoms with Crippen LogP contribution in [0.2, 0.25) is 0 Å². The van der Waals surface area contributed by atoms with Crippen LogP contribution in [-0.4, -0.2) is 27.6 Å². The van der Waals surface area contributed by atoms with E-state index in [1.54, 1.807) is 18.5 Å². The van der Waals surface area contributed by atoms with Gasteiger partial charge in [-0.2, -0.15) is 0 Å². The van der Waals surface area contributed by atoms with Crippen molar-refractivity contribution in [3.8, 4) is 17.0 Å². The zero-order valence-corrected chi connectivity index (χ0v) is 15.6. The summed E-state index contributed by atoms with van der Waals surface area (Å²) in [5.74, 6) is 0.129. The number of nitrogens with zero attached hydrogens (tertiary/aromatic N) is 3. The van der Waals surface area contributed by atoms with E-state index in [0.29, 0.717) is 0 Å². The maximum Gasteiger partial charge on any atom is 0.256 e. The van der Waals surface area contributed by atoms with Gasteiger partial charge in [0.1, 0.15) is 17.4 Å². The predicted octanol–water partition coefficient (Wildman–Crippen LogP) is 4.20. The standard InChI is InChI=1S/C22H20N4O2/c1-14-23-13-20(26(14)2)16-4-5-17-12-24-21(11-18(17)10-16)25-22(27)15-6-8-19(28-3)9-7-15/h4-13H,1-3H3,(H,24,25,27)/i6D,7D,8D,9D. The second-order valence-corrected chi connectivity index (χ2v) is 6.24. The van der Waals surface area contributed by atoms with Crippen LogP contribution in [0.1, 0.15) is 21.7 Å². The second-order valence-electron chi connectivity index (χ2n) is 6.24. The number of hydrogen-bond acceptors (Lipinski definition) is 4. The van der Waals surface area contributed by atoms with Crippen LogP contribution in [0.25, 0.3) is 22.0 Å². The van der Waals surface area contributed by atoms with Gasteiger partial charge in [0.05, 0.1) is 24.5 Å². The summed E-state index contributed by atoms with van der Waals surface area (Å²) in [4.78, 5) is 21.4. The van der Waals surface area contributed by atoms with E-state index in [1.165, 1.54) is 7.11 Å². The number of pyridine rings is 1. The zero-order chi connectivity index (χ0) is 23.2. The number of amides is 1. The lowest BCUT2D eigenvalue weighted by molar-refractivity contribution is 0.102. The lowest BCUT2D eigenvalue weighted by Gasteiger charge is -2.08. The Bertz CT molecular complexity index is 1360. The van der Waals surface area contributed by atoms with Gasteiger partial charge in [0, 0.05) is 29.8 Å². The third-order valence-corrected chi connectivity index (χ3v) is 4.51. The van der Waals surface area contributed by atoms with Crippen LogP contribution in [0.4, 0.5) is 5.82 Å². The Hall–Kier alpha value is -3.67. The topological polar surface area (TPSA) is 69.0 Å². The lowest BCUT2D eigenvalue weighted by atomic mass is 10.1. The van der Waals surface area contributed by atoms with Crippen molar-refractivity contribution in [1.82, 2.24) is 14.5 Å². The van der Waals surface area contributed by atoms with E-state index >= 15 is 0 Å². The highest BCUT2D eigenvalue weighted by Gasteiger charge is 2.10. The van der Waals surface area contributed by atoms with Crippen molar-refractivity contribution in [3.05, 3.63) is 72.2 Å². The average molecular weight is 376 g/mol. The molecule has 0 fully saturated rings. The molecule has 0 aliphatic heterocycles. The molecule has 6 nitrogen and oxygen atoms in total. The van der Waals surface area contributed by atoms with Gasteiger partial charge in [0.15, 0.2) is 0 Å². The molecule has 0 aliphatic carbocycles. The van der Waals surface area contributed by atoms with Gasteiger partial charge < -0.3 is 14.6 Å². The van der Waals surface area contributed by atoms with E-state index in [-0.39, 0.29) is 17.1 Å². The summed E-state index contributed by atoms with van der Waals surface area (Å²) in [6.45, 7) is 1.92. The Morgan fingerprint density at radius 3 is 2.57 bits per heavy atom. The fourth-order valence-electron chi connectivity index (χ4n) is 2.83. The van der Waals surface area contributed by atoms with Crippen LogP contribution in [-0.2, 0) is 7.05 Å². The molecule has 1 N–H and O–H groups in total. The summed E-state index contributed by atoms with van der Waals surface area (Å²) in [5.41, 5.74) is 1.54. The molecule has 6 heteroatoms. The number of carbonyl (C=O) groups is 1. The SMILES string of the molecule is [2H]c1c([2H])c(C(=O)Nc2cc3cc(-c4cnc(C)n4C)ccc3cn2)c([2H])c([2H])c1OC. The molecule has 0 aliphatic rings. The van der Waals surface area contributed by atoms with Crippen molar-refractivity contribution in [3.63, 3.8) is 0 Å². The van der Waals surface area contributed by atoms with Crippen molar-refractivity contribution < 1.29 is 15.0 Å². The first-order valence-electron chi connectivity index (χ1n) is 10.6. The molecular weight excluding hydrogens is 352 g/mol. The number of nitrogens with one attached hydrogen (secondary N) is 1. The van der Waals surface area contributed by atoms with Crippen LogP contribution in [0.3, 0.4) is 0 Å². The number of aryl methyl sites for hydroxylation is 1. The minimum Gasteiger partial charge on any atom is -0.497 e. The molecule has 2 aromatic carbocycles. The Morgan fingerprint density at radius 2 is 1.89 bits per heavy atom. The van der Waals surface area contributed by atoms with E-state index in [1.807, 2.05) is 36.7 Å². The molecule has 2 heterocycles. The van der Waals surface area contributed by atoms with Crippen LogP contribution in [0.5, 0.6) is 5.75 Å². The quantitative estimate of drug-likeness (QED) is 0.579. The van der Waals surface area contributed by atoms with Crippen LogP contribution in [0, 0.1) is 6.92 Å². The molecule has 0 bridgehead atoms. The summed E-state index contributed by atoms with van der Waals surface area (Å²) in [7, 11) is 3.19. The largest absolute Gasteiger partial charge is 0.497 e. The normalized spacial score (nSPS) is 12.8. The van der Waals surface area contributed by atoms with E-state index in [0.717, 1.165) is 27.9 Å². The van der Waals surface area contributed by atoms with Crippen molar-refractivity contribution in [2.75, 3.05) is 12.4 Å².